The summed E-state index contributed by atoms with van der Waals surface area (Å²) in [5, 5.41) is 0. The maximum absolute atomic E-state index is 6.52. The predicted molar refractivity (Wildman–Crippen MR) is 183 cm³/mol. The van der Waals surface area contributed by atoms with Gasteiger partial charge in [0.15, 0.2) is 17.5 Å². The van der Waals surface area contributed by atoms with Gasteiger partial charge in [-0.15, -0.1) is 0 Å². The maximum Gasteiger partial charge on any atom is 0.494 e. The van der Waals surface area contributed by atoms with Crippen molar-refractivity contribution in [2.75, 3.05) is 0 Å². The molecule has 0 bridgehead atoms. The summed E-state index contributed by atoms with van der Waals surface area (Å²) in [7, 11) is -0.504. The van der Waals surface area contributed by atoms with E-state index in [0.29, 0.717) is 17.5 Å². The molecule has 5 aromatic carbocycles. The van der Waals surface area contributed by atoms with Crippen LogP contribution in [0.1, 0.15) is 27.7 Å². The smallest absolute Gasteiger partial charge is 0.399 e. The summed E-state index contributed by atoms with van der Waals surface area (Å²) in [4.78, 5) is 15.0. The lowest BCUT2D eigenvalue weighted by Gasteiger charge is -2.32. The average Bonchev–Trinajstić information content (AvgIpc) is 3.31. The van der Waals surface area contributed by atoms with E-state index < -0.39 is 18.3 Å². The molecule has 7 rings (SSSR count). The van der Waals surface area contributed by atoms with Crippen LogP contribution in [0.15, 0.2) is 133 Å². The highest BCUT2D eigenvalue weighted by Gasteiger charge is 2.51. The van der Waals surface area contributed by atoms with Crippen LogP contribution in [0.5, 0.6) is 0 Å². The molecule has 5 nitrogen and oxygen atoms in total. The Balaban J connectivity index is 1.41. The minimum atomic E-state index is -0.504. The Hall–Kier alpha value is -4.91. The summed E-state index contributed by atoms with van der Waals surface area (Å²) in [6.07, 6.45) is 0. The summed E-state index contributed by atoms with van der Waals surface area (Å²) in [6.45, 7) is 8.33. The van der Waals surface area contributed by atoms with Gasteiger partial charge in [0, 0.05) is 16.7 Å². The van der Waals surface area contributed by atoms with Crippen molar-refractivity contribution in [1.82, 2.24) is 15.0 Å². The van der Waals surface area contributed by atoms with Gasteiger partial charge in [-0.1, -0.05) is 127 Å². The largest absolute Gasteiger partial charge is 0.494 e. The molecule has 0 radical (unpaired) electrons. The molecule has 1 saturated heterocycles. The molecule has 2 heterocycles. The predicted octanol–water partition coefficient (Wildman–Crippen LogP) is 8.51. The number of hydrogen-bond acceptors (Lipinski definition) is 5. The molecule has 0 N–H and O–H groups in total. The van der Waals surface area contributed by atoms with Gasteiger partial charge >= 0.3 is 7.12 Å². The zero-order valence-electron chi connectivity index (χ0n) is 25.9. The van der Waals surface area contributed by atoms with Crippen LogP contribution in [0.2, 0.25) is 0 Å². The number of benzene rings is 5. The molecule has 6 heteroatoms. The minimum absolute atomic E-state index is 0.453. The molecule has 1 aromatic heterocycles. The summed E-state index contributed by atoms with van der Waals surface area (Å²) in [6, 6.07) is 45.4. The highest BCUT2D eigenvalue weighted by molar-refractivity contribution is 6.62. The number of nitrogens with zero attached hydrogens (tertiary/aromatic N) is 3. The van der Waals surface area contributed by atoms with Gasteiger partial charge in [0.05, 0.1) is 11.2 Å². The van der Waals surface area contributed by atoms with Crippen molar-refractivity contribution < 1.29 is 9.31 Å². The second-order valence-corrected chi connectivity index (χ2v) is 12.4. The van der Waals surface area contributed by atoms with E-state index in [1.165, 1.54) is 0 Å². The lowest BCUT2D eigenvalue weighted by atomic mass is 9.76. The quantitative estimate of drug-likeness (QED) is 0.183. The van der Waals surface area contributed by atoms with Gasteiger partial charge in [0.1, 0.15) is 0 Å². The van der Waals surface area contributed by atoms with Crippen molar-refractivity contribution in [1.29, 1.82) is 0 Å². The van der Waals surface area contributed by atoms with Crippen molar-refractivity contribution in [3.8, 4) is 56.4 Å². The van der Waals surface area contributed by atoms with Crippen molar-refractivity contribution in [3.05, 3.63) is 133 Å². The van der Waals surface area contributed by atoms with E-state index in [0.717, 1.165) is 44.4 Å². The van der Waals surface area contributed by atoms with Gasteiger partial charge in [-0.2, -0.15) is 0 Å². The standard InChI is InChI=1S/C39H34BN3O2/c1-38(2)39(3,4)45-40(44-38)32-25-30(27-16-8-5-9-17-27)24-31(26-32)33-22-14-15-23-34(33)37-42-35(28-18-10-6-11-19-28)41-36(43-37)29-20-12-7-13-21-29/h5-26H,1-4H3. The van der Waals surface area contributed by atoms with E-state index in [4.69, 9.17) is 24.3 Å². The molecule has 0 saturated carbocycles. The van der Waals surface area contributed by atoms with Crippen LogP contribution < -0.4 is 5.46 Å². The molecule has 1 aliphatic rings. The molecule has 45 heavy (non-hydrogen) atoms. The summed E-state index contributed by atoms with van der Waals surface area (Å²) in [5.41, 5.74) is 7.08. The first-order valence-electron chi connectivity index (χ1n) is 15.3. The number of aromatic nitrogens is 3. The Morgan fingerprint density at radius 1 is 0.422 bits per heavy atom. The lowest BCUT2D eigenvalue weighted by molar-refractivity contribution is 0.00578. The molecule has 0 aliphatic carbocycles. The van der Waals surface area contributed by atoms with E-state index in [-0.39, 0.29) is 0 Å². The third kappa shape index (κ3) is 5.71. The fourth-order valence-corrected chi connectivity index (χ4v) is 5.58. The first-order chi connectivity index (χ1) is 21.8. The normalized spacial score (nSPS) is 15.2. The number of rotatable bonds is 6. The second kappa shape index (κ2) is 11.5. The van der Waals surface area contributed by atoms with Crippen molar-refractivity contribution in [2.24, 2.45) is 0 Å². The lowest BCUT2D eigenvalue weighted by Crippen LogP contribution is -2.41. The Bertz CT molecular complexity index is 1890. The third-order valence-corrected chi connectivity index (χ3v) is 8.77. The van der Waals surface area contributed by atoms with Crippen LogP contribution in [-0.2, 0) is 9.31 Å². The topological polar surface area (TPSA) is 57.1 Å². The minimum Gasteiger partial charge on any atom is -0.399 e. The van der Waals surface area contributed by atoms with Crippen LogP contribution in [0, 0.1) is 0 Å². The van der Waals surface area contributed by atoms with Gasteiger partial charge in [-0.3, -0.25) is 0 Å². The molecular formula is C39H34BN3O2. The Labute approximate surface area is 265 Å². The van der Waals surface area contributed by atoms with Crippen LogP contribution in [-0.4, -0.2) is 33.3 Å². The van der Waals surface area contributed by atoms with Crippen LogP contribution >= 0.6 is 0 Å². The van der Waals surface area contributed by atoms with Gasteiger partial charge < -0.3 is 9.31 Å². The molecule has 0 spiro atoms. The molecule has 0 atom stereocenters. The Morgan fingerprint density at radius 2 is 0.844 bits per heavy atom. The van der Waals surface area contributed by atoms with Gasteiger partial charge in [0.25, 0.3) is 0 Å². The van der Waals surface area contributed by atoms with Crippen LogP contribution in [0.4, 0.5) is 0 Å². The molecular weight excluding hydrogens is 553 g/mol. The first-order valence-corrected chi connectivity index (χ1v) is 15.3. The summed E-state index contributed by atoms with van der Waals surface area (Å²) in [5.74, 6) is 1.87. The first kappa shape index (κ1) is 28.8. The van der Waals surface area contributed by atoms with Gasteiger partial charge in [-0.25, -0.2) is 15.0 Å². The van der Waals surface area contributed by atoms with Gasteiger partial charge in [-0.05, 0) is 61.5 Å². The summed E-state index contributed by atoms with van der Waals surface area (Å²) < 4.78 is 13.0. The van der Waals surface area contributed by atoms with Crippen molar-refractivity contribution >= 4 is 12.6 Å². The molecule has 1 aliphatic heterocycles. The van der Waals surface area contributed by atoms with Crippen LogP contribution in [0.25, 0.3) is 56.4 Å². The average molecular weight is 588 g/mol. The molecule has 0 amide bonds. The van der Waals surface area contributed by atoms with E-state index in [9.17, 15) is 0 Å². The fraction of sp³-hybridized carbons (Fsp3) is 0.154. The summed E-state index contributed by atoms with van der Waals surface area (Å²) >= 11 is 0. The molecule has 220 valence electrons. The Morgan fingerprint density at radius 3 is 1.38 bits per heavy atom. The van der Waals surface area contributed by atoms with E-state index in [1.807, 2.05) is 72.8 Å². The fourth-order valence-electron chi connectivity index (χ4n) is 5.58. The maximum atomic E-state index is 6.52. The zero-order chi connectivity index (χ0) is 31.0. The zero-order valence-corrected chi connectivity index (χ0v) is 25.9. The number of hydrogen-bond donors (Lipinski definition) is 0. The molecule has 1 fully saturated rings. The van der Waals surface area contributed by atoms with E-state index >= 15 is 0 Å². The van der Waals surface area contributed by atoms with Crippen molar-refractivity contribution in [3.63, 3.8) is 0 Å². The van der Waals surface area contributed by atoms with Gasteiger partial charge in [0.2, 0.25) is 0 Å². The third-order valence-electron chi connectivity index (χ3n) is 8.77. The molecule has 0 unspecified atom stereocenters. The van der Waals surface area contributed by atoms with Crippen molar-refractivity contribution in [2.45, 2.75) is 38.9 Å². The SMILES string of the molecule is CC1(C)OB(c2cc(-c3ccccc3)cc(-c3ccccc3-c3nc(-c4ccccc4)nc(-c4ccccc4)n3)c2)OC1(C)C. The highest BCUT2D eigenvalue weighted by Crippen LogP contribution is 2.38. The highest BCUT2D eigenvalue weighted by atomic mass is 16.7. The van der Waals surface area contributed by atoms with Crippen LogP contribution in [0.3, 0.4) is 0 Å². The second-order valence-electron chi connectivity index (χ2n) is 12.4. The molecule has 6 aromatic rings. The van der Waals surface area contributed by atoms with E-state index in [1.54, 1.807) is 0 Å². The monoisotopic (exact) mass is 587 g/mol. The van der Waals surface area contributed by atoms with E-state index in [2.05, 4.69) is 88.4 Å². The Kier molecular flexibility index (Phi) is 7.40.